The van der Waals surface area contributed by atoms with Gasteiger partial charge in [0, 0.05) is 38.8 Å². The summed E-state index contributed by atoms with van der Waals surface area (Å²) in [5, 5.41) is 3.32. The minimum absolute atomic E-state index is 0.0967. The van der Waals surface area contributed by atoms with Gasteiger partial charge in [-0.25, -0.2) is 0 Å². The van der Waals surface area contributed by atoms with Crippen LogP contribution in [-0.2, 0) is 6.54 Å². The number of hydrogen-bond acceptors (Lipinski definition) is 4. The van der Waals surface area contributed by atoms with Crippen LogP contribution >= 0.6 is 0 Å². The van der Waals surface area contributed by atoms with Gasteiger partial charge in [-0.1, -0.05) is 12.1 Å². The van der Waals surface area contributed by atoms with Crippen LogP contribution in [0.4, 0.5) is 0 Å². The second-order valence-corrected chi connectivity index (χ2v) is 5.15. The largest absolute Gasteiger partial charge is 0.352 e. The molecule has 5 heteroatoms. The van der Waals surface area contributed by atoms with Crippen molar-refractivity contribution in [2.75, 3.05) is 33.2 Å². The van der Waals surface area contributed by atoms with Crippen molar-refractivity contribution in [3.63, 3.8) is 0 Å². The Morgan fingerprint density at radius 3 is 2.48 bits per heavy atom. The third-order valence-electron chi connectivity index (χ3n) is 3.76. The fourth-order valence-electron chi connectivity index (χ4n) is 2.36. The van der Waals surface area contributed by atoms with Gasteiger partial charge in [-0.3, -0.25) is 9.79 Å². The summed E-state index contributed by atoms with van der Waals surface area (Å²) in [5.74, 6) is 1.04. The molecule has 0 saturated carbocycles. The lowest BCUT2D eigenvalue weighted by Crippen LogP contribution is -2.35. The molecule has 0 aliphatic carbocycles. The Balaban J connectivity index is 1.94. The SMILES string of the molecule is CCN(CC)C(=O)c1ccc(CNC2=NCCN2C)cc1. The smallest absolute Gasteiger partial charge is 0.253 e. The van der Waals surface area contributed by atoms with Gasteiger partial charge in [0.15, 0.2) is 5.96 Å². The van der Waals surface area contributed by atoms with Crippen molar-refractivity contribution < 1.29 is 4.79 Å². The van der Waals surface area contributed by atoms with Gasteiger partial charge in [0.05, 0.1) is 6.54 Å². The first kappa shape index (κ1) is 15.4. The van der Waals surface area contributed by atoms with Crippen molar-refractivity contribution in [3.8, 4) is 0 Å². The Labute approximate surface area is 126 Å². The van der Waals surface area contributed by atoms with E-state index in [1.54, 1.807) is 0 Å². The van der Waals surface area contributed by atoms with Crippen LogP contribution in [0.15, 0.2) is 29.3 Å². The van der Waals surface area contributed by atoms with E-state index in [4.69, 9.17) is 0 Å². The van der Waals surface area contributed by atoms with Gasteiger partial charge in [0.25, 0.3) is 5.91 Å². The molecular weight excluding hydrogens is 264 g/mol. The molecule has 0 fully saturated rings. The zero-order valence-electron chi connectivity index (χ0n) is 13.1. The van der Waals surface area contributed by atoms with Gasteiger partial charge in [-0.15, -0.1) is 0 Å². The summed E-state index contributed by atoms with van der Waals surface area (Å²) in [6, 6.07) is 7.80. The summed E-state index contributed by atoms with van der Waals surface area (Å²) in [7, 11) is 2.03. The molecule has 1 heterocycles. The molecule has 0 bridgehead atoms. The number of nitrogens with one attached hydrogen (secondary N) is 1. The molecular formula is C16H24N4O. The fourth-order valence-corrected chi connectivity index (χ4v) is 2.36. The molecule has 1 amide bonds. The molecule has 5 nitrogen and oxygen atoms in total. The Hall–Kier alpha value is -2.04. The average Bonchev–Trinajstić information content (AvgIpc) is 2.92. The molecule has 0 saturated heterocycles. The summed E-state index contributed by atoms with van der Waals surface area (Å²) >= 11 is 0. The molecule has 1 N–H and O–H groups in total. The minimum atomic E-state index is 0.0967. The first-order chi connectivity index (χ1) is 10.2. The predicted molar refractivity (Wildman–Crippen MR) is 85.5 cm³/mol. The van der Waals surface area contributed by atoms with Gasteiger partial charge in [0.1, 0.15) is 0 Å². The van der Waals surface area contributed by atoms with Gasteiger partial charge in [0.2, 0.25) is 0 Å². The highest BCUT2D eigenvalue weighted by molar-refractivity contribution is 5.94. The van der Waals surface area contributed by atoms with E-state index in [-0.39, 0.29) is 5.91 Å². The van der Waals surface area contributed by atoms with Crippen molar-refractivity contribution in [1.82, 2.24) is 15.1 Å². The first-order valence-corrected chi connectivity index (χ1v) is 7.53. The van der Waals surface area contributed by atoms with E-state index in [9.17, 15) is 4.79 Å². The number of likely N-dealkylation sites (N-methyl/N-ethyl adjacent to an activating group) is 1. The van der Waals surface area contributed by atoms with E-state index >= 15 is 0 Å². The molecule has 1 aliphatic heterocycles. The zero-order valence-corrected chi connectivity index (χ0v) is 13.1. The molecule has 0 spiro atoms. The third kappa shape index (κ3) is 3.74. The van der Waals surface area contributed by atoms with Crippen molar-refractivity contribution >= 4 is 11.9 Å². The third-order valence-corrected chi connectivity index (χ3v) is 3.76. The van der Waals surface area contributed by atoms with Crippen molar-refractivity contribution in [2.45, 2.75) is 20.4 Å². The van der Waals surface area contributed by atoms with E-state index in [2.05, 4.69) is 15.2 Å². The molecule has 0 aromatic heterocycles. The predicted octanol–water partition coefficient (Wildman–Crippen LogP) is 1.56. The number of guanidine groups is 1. The molecule has 1 aromatic carbocycles. The number of amides is 1. The van der Waals surface area contributed by atoms with Crippen LogP contribution in [0.25, 0.3) is 0 Å². The van der Waals surface area contributed by atoms with E-state index < -0.39 is 0 Å². The molecule has 1 aromatic rings. The molecule has 0 atom stereocenters. The topological polar surface area (TPSA) is 47.9 Å². The Morgan fingerprint density at radius 2 is 1.95 bits per heavy atom. The van der Waals surface area contributed by atoms with Gasteiger partial charge < -0.3 is 15.1 Å². The summed E-state index contributed by atoms with van der Waals surface area (Å²) in [4.78, 5) is 20.5. The molecule has 114 valence electrons. The maximum absolute atomic E-state index is 12.2. The molecule has 21 heavy (non-hydrogen) atoms. The summed E-state index contributed by atoms with van der Waals surface area (Å²) < 4.78 is 0. The van der Waals surface area contributed by atoms with Crippen LogP contribution in [0.3, 0.4) is 0 Å². The summed E-state index contributed by atoms with van der Waals surface area (Å²) in [6.07, 6.45) is 0. The van der Waals surface area contributed by atoms with Crippen molar-refractivity contribution in [2.24, 2.45) is 4.99 Å². The standard InChI is InChI=1S/C16H24N4O/c1-4-20(5-2)15(21)14-8-6-13(7-9-14)12-18-16-17-10-11-19(16)3/h6-9H,4-5,10-12H2,1-3H3,(H,17,18). The quantitative estimate of drug-likeness (QED) is 0.894. The van der Waals surface area contributed by atoms with E-state index in [1.807, 2.05) is 50.1 Å². The Morgan fingerprint density at radius 1 is 1.29 bits per heavy atom. The lowest BCUT2D eigenvalue weighted by Gasteiger charge is -2.19. The highest BCUT2D eigenvalue weighted by atomic mass is 16.2. The number of aliphatic imine (C=N–C) groups is 1. The van der Waals surface area contributed by atoms with Crippen LogP contribution in [0.5, 0.6) is 0 Å². The Kier molecular flexibility index (Phi) is 5.20. The lowest BCUT2D eigenvalue weighted by atomic mass is 10.1. The Bertz CT molecular complexity index is 506. The molecule has 1 aliphatic rings. The number of carbonyl (C=O) groups is 1. The second-order valence-electron chi connectivity index (χ2n) is 5.15. The van der Waals surface area contributed by atoms with Crippen LogP contribution < -0.4 is 5.32 Å². The summed E-state index contributed by atoms with van der Waals surface area (Å²) in [6.45, 7) is 8.03. The van der Waals surface area contributed by atoms with Crippen LogP contribution in [-0.4, -0.2) is 54.9 Å². The normalized spacial score (nSPS) is 14.0. The first-order valence-electron chi connectivity index (χ1n) is 7.53. The van der Waals surface area contributed by atoms with E-state index in [0.717, 1.165) is 49.8 Å². The monoisotopic (exact) mass is 288 g/mol. The maximum atomic E-state index is 12.2. The van der Waals surface area contributed by atoms with Crippen molar-refractivity contribution in [3.05, 3.63) is 35.4 Å². The van der Waals surface area contributed by atoms with E-state index in [1.165, 1.54) is 0 Å². The van der Waals surface area contributed by atoms with Crippen molar-refractivity contribution in [1.29, 1.82) is 0 Å². The number of carbonyl (C=O) groups excluding carboxylic acids is 1. The summed E-state index contributed by atoms with van der Waals surface area (Å²) in [5.41, 5.74) is 1.90. The number of rotatable bonds is 5. The average molecular weight is 288 g/mol. The second kappa shape index (κ2) is 7.11. The molecule has 2 rings (SSSR count). The molecule has 0 radical (unpaired) electrons. The zero-order chi connectivity index (χ0) is 15.2. The number of hydrogen-bond donors (Lipinski definition) is 1. The van der Waals surface area contributed by atoms with Crippen LogP contribution in [0.1, 0.15) is 29.8 Å². The van der Waals surface area contributed by atoms with Gasteiger partial charge in [-0.05, 0) is 31.5 Å². The molecule has 0 unspecified atom stereocenters. The minimum Gasteiger partial charge on any atom is -0.352 e. The highest BCUT2D eigenvalue weighted by Gasteiger charge is 2.13. The van der Waals surface area contributed by atoms with Gasteiger partial charge in [-0.2, -0.15) is 0 Å². The van der Waals surface area contributed by atoms with Crippen LogP contribution in [0, 0.1) is 0 Å². The fraction of sp³-hybridized carbons (Fsp3) is 0.500. The van der Waals surface area contributed by atoms with Gasteiger partial charge >= 0.3 is 0 Å². The highest BCUT2D eigenvalue weighted by Crippen LogP contribution is 2.08. The van der Waals surface area contributed by atoms with E-state index in [0.29, 0.717) is 0 Å². The lowest BCUT2D eigenvalue weighted by molar-refractivity contribution is 0.0773. The maximum Gasteiger partial charge on any atom is 0.253 e. The number of benzene rings is 1. The number of nitrogens with zero attached hydrogens (tertiary/aromatic N) is 3. The van der Waals surface area contributed by atoms with Crippen LogP contribution in [0.2, 0.25) is 0 Å².